The van der Waals surface area contributed by atoms with Crippen molar-refractivity contribution in [1.29, 1.82) is 0 Å². The Kier molecular flexibility index (Phi) is 5.64. The average molecular weight is 304 g/mol. The standard InChI is InChI=1S/C17H18ClNO2/c1-2-19(12-14-8-4-3-5-9-14)17(20)13-21-16-11-7-6-10-15(16)18/h3-11H,2,12-13H2,1H3. The third kappa shape index (κ3) is 4.50. The van der Waals surface area contributed by atoms with E-state index >= 15 is 0 Å². The van der Waals surface area contributed by atoms with Crippen molar-refractivity contribution in [3.63, 3.8) is 0 Å². The number of carbonyl (C=O) groups is 1. The van der Waals surface area contributed by atoms with E-state index in [0.717, 1.165) is 5.56 Å². The number of hydrogen-bond donors (Lipinski definition) is 0. The zero-order chi connectivity index (χ0) is 15.1. The van der Waals surface area contributed by atoms with E-state index in [2.05, 4.69) is 0 Å². The van der Waals surface area contributed by atoms with Crippen LogP contribution in [0, 0.1) is 0 Å². The molecule has 4 heteroatoms. The van der Waals surface area contributed by atoms with E-state index in [1.807, 2.05) is 49.4 Å². The minimum absolute atomic E-state index is 0.00952. The van der Waals surface area contributed by atoms with Gasteiger partial charge in [-0.25, -0.2) is 0 Å². The molecule has 0 bridgehead atoms. The molecule has 0 unspecified atom stereocenters. The average Bonchev–Trinajstić information content (AvgIpc) is 2.52. The molecule has 2 aromatic carbocycles. The SMILES string of the molecule is CCN(Cc1ccccc1)C(=O)COc1ccccc1Cl. The number of para-hydroxylation sites is 1. The highest BCUT2D eigenvalue weighted by Gasteiger charge is 2.13. The third-order valence-corrected chi connectivity index (χ3v) is 3.45. The number of carbonyl (C=O) groups excluding carboxylic acids is 1. The molecule has 0 aliphatic heterocycles. The maximum atomic E-state index is 12.2. The van der Waals surface area contributed by atoms with Gasteiger partial charge < -0.3 is 9.64 Å². The lowest BCUT2D eigenvalue weighted by atomic mass is 10.2. The van der Waals surface area contributed by atoms with Crippen molar-refractivity contribution in [3.05, 3.63) is 65.2 Å². The molecule has 0 atom stereocenters. The number of benzene rings is 2. The first-order valence-electron chi connectivity index (χ1n) is 6.89. The Morgan fingerprint density at radius 1 is 1.10 bits per heavy atom. The Morgan fingerprint density at radius 3 is 2.43 bits per heavy atom. The zero-order valence-electron chi connectivity index (χ0n) is 12.0. The first kappa shape index (κ1) is 15.4. The monoisotopic (exact) mass is 303 g/mol. The van der Waals surface area contributed by atoms with Gasteiger partial charge in [0.25, 0.3) is 5.91 Å². The third-order valence-electron chi connectivity index (χ3n) is 3.14. The van der Waals surface area contributed by atoms with Crippen molar-refractivity contribution >= 4 is 17.5 Å². The summed E-state index contributed by atoms with van der Waals surface area (Å²) < 4.78 is 5.50. The van der Waals surface area contributed by atoms with Crippen LogP contribution in [-0.4, -0.2) is 24.0 Å². The van der Waals surface area contributed by atoms with Gasteiger partial charge in [0, 0.05) is 13.1 Å². The summed E-state index contributed by atoms with van der Waals surface area (Å²) in [6, 6.07) is 17.0. The van der Waals surface area contributed by atoms with Crippen LogP contribution in [0.2, 0.25) is 5.02 Å². The fraction of sp³-hybridized carbons (Fsp3) is 0.235. The molecule has 0 radical (unpaired) electrons. The first-order valence-corrected chi connectivity index (χ1v) is 7.27. The van der Waals surface area contributed by atoms with Gasteiger partial charge in [0.1, 0.15) is 5.75 Å². The van der Waals surface area contributed by atoms with Crippen LogP contribution in [0.5, 0.6) is 5.75 Å². The Hall–Kier alpha value is -2.00. The predicted molar refractivity (Wildman–Crippen MR) is 84.5 cm³/mol. The van der Waals surface area contributed by atoms with Crippen LogP contribution in [0.1, 0.15) is 12.5 Å². The Balaban J connectivity index is 1.93. The fourth-order valence-corrected chi connectivity index (χ4v) is 2.16. The van der Waals surface area contributed by atoms with Gasteiger partial charge in [0.15, 0.2) is 6.61 Å². The number of amides is 1. The van der Waals surface area contributed by atoms with E-state index in [1.54, 1.807) is 17.0 Å². The van der Waals surface area contributed by atoms with E-state index < -0.39 is 0 Å². The molecule has 1 amide bonds. The van der Waals surface area contributed by atoms with E-state index in [4.69, 9.17) is 16.3 Å². The smallest absolute Gasteiger partial charge is 0.260 e. The van der Waals surface area contributed by atoms with E-state index in [1.165, 1.54) is 0 Å². The fourth-order valence-electron chi connectivity index (χ4n) is 1.97. The zero-order valence-corrected chi connectivity index (χ0v) is 12.7. The van der Waals surface area contributed by atoms with E-state index in [-0.39, 0.29) is 12.5 Å². The summed E-state index contributed by atoms with van der Waals surface area (Å²) in [5.41, 5.74) is 1.10. The number of hydrogen-bond acceptors (Lipinski definition) is 2. The quantitative estimate of drug-likeness (QED) is 0.813. The van der Waals surface area contributed by atoms with Crippen LogP contribution in [0.15, 0.2) is 54.6 Å². The van der Waals surface area contributed by atoms with Gasteiger partial charge in [0.2, 0.25) is 0 Å². The minimum Gasteiger partial charge on any atom is -0.482 e. The van der Waals surface area contributed by atoms with Crippen LogP contribution in [0.25, 0.3) is 0 Å². The van der Waals surface area contributed by atoms with Crippen molar-refractivity contribution in [1.82, 2.24) is 4.90 Å². The van der Waals surface area contributed by atoms with Gasteiger partial charge in [-0.1, -0.05) is 54.1 Å². The topological polar surface area (TPSA) is 29.5 Å². The van der Waals surface area contributed by atoms with Crippen molar-refractivity contribution in [2.45, 2.75) is 13.5 Å². The van der Waals surface area contributed by atoms with Crippen LogP contribution in [0.3, 0.4) is 0 Å². The second kappa shape index (κ2) is 7.70. The highest BCUT2D eigenvalue weighted by Crippen LogP contribution is 2.23. The van der Waals surface area contributed by atoms with Gasteiger partial charge in [-0.3, -0.25) is 4.79 Å². The Bertz CT molecular complexity index is 586. The summed E-state index contributed by atoms with van der Waals surface area (Å²) in [6.07, 6.45) is 0. The molecule has 0 aliphatic carbocycles. The molecule has 0 fully saturated rings. The number of rotatable bonds is 6. The summed E-state index contributed by atoms with van der Waals surface area (Å²) >= 11 is 6.00. The first-order chi connectivity index (χ1) is 10.2. The van der Waals surface area contributed by atoms with Crippen molar-refractivity contribution in [2.75, 3.05) is 13.2 Å². The molecule has 2 aromatic rings. The lowest BCUT2D eigenvalue weighted by molar-refractivity contribution is -0.133. The normalized spacial score (nSPS) is 10.2. The van der Waals surface area contributed by atoms with Gasteiger partial charge in [-0.05, 0) is 24.6 Å². The Labute approximate surface area is 130 Å². The maximum absolute atomic E-state index is 12.2. The molecule has 0 heterocycles. The summed E-state index contributed by atoms with van der Waals surface area (Å²) in [5, 5.41) is 0.511. The molecule has 0 aromatic heterocycles. The molecular formula is C17H18ClNO2. The van der Waals surface area contributed by atoms with Crippen molar-refractivity contribution in [3.8, 4) is 5.75 Å². The van der Waals surface area contributed by atoms with Crippen LogP contribution >= 0.6 is 11.6 Å². The molecule has 0 aliphatic rings. The van der Waals surface area contributed by atoms with Crippen molar-refractivity contribution in [2.24, 2.45) is 0 Å². The lowest BCUT2D eigenvalue weighted by Gasteiger charge is -2.21. The summed E-state index contributed by atoms with van der Waals surface area (Å²) in [7, 11) is 0. The van der Waals surface area contributed by atoms with Crippen LogP contribution < -0.4 is 4.74 Å². The minimum atomic E-state index is -0.0544. The highest BCUT2D eigenvalue weighted by molar-refractivity contribution is 6.32. The summed E-state index contributed by atoms with van der Waals surface area (Å²) in [4.78, 5) is 14.0. The maximum Gasteiger partial charge on any atom is 0.260 e. The molecule has 0 N–H and O–H groups in total. The predicted octanol–water partition coefficient (Wildman–Crippen LogP) is 3.77. The van der Waals surface area contributed by atoms with Crippen LogP contribution in [-0.2, 0) is 11.3 Å². The highest BCUT2D eigenvalue weighted by atomic mass is 35.5. The molecule has 3 nitrogen and oxygen atoms in total. The molecule has 110 valence electrons. The second-order valence-electron chi connectivity index (χ2n) is 4.61. The molecule has 0 spiro atoms. The van der Waals surface area contributed by atoms with Crippen molar-refractivity contribution < 1.29 is 9.53 Å². The second-order valence-corrected chi connectivity index (χ2v) is 5.02. The largest absolute Gasteiger partial charge is 0.482 e. The molecule has 0 saturated heterocycles. The summed E-state index contributed by atoms with van der Waals surface area (Å²) in [5.74, 6) is 0.476. The lowest BCUT2D eigenvalue weighted by Crippen LogP contribution is -2.34. The van der Waals surface area contributed by atoms with Gasteiger partial charge in [0.05, 0.1) is 5.02 Å². The van der Waals surface area contributed by atoms with Gasteiger partial charge in [-0.15, -0.1) is 0 Å². The number of likely N-dealkylation sites (N-methyl/N-ethyl adjacent to an activating group) is 1. The number of halogens is 1. The van der Waals surface area contributed by atoms with E-state index in [9.17, 15) is 4.79 Å². The summed E-state index contributed by atoms with van der Waals surface area (Å²) in [6.45, 7) is 3.17. The molecule has 0 saturated carbocycles. The van der Waals surface area contributed by atoms with E-state index in [0.29, 0.717) is 23.9 Å². The van der Waals surface area contributed by atoms with Gasteiger partial charge >= 0.3 is 0 Å². The van der Waals surface area contributed by atoms with Gasteiger partial charge in [-0.2, -0.15) is 0 Å². The molecule has 2 rings (SSSR count). The Morgan fingerprint density at radius 2 is 1.76 bits per heavy atom. The molecular weight excluding hydrogens is 286 g/mol. The number of ether oxygens (including phenoxy) is 1. The molecule has 21 heavy (non-hydrogen) atoms. The number of nitrogens with zero attached hydrogens (tertiary/aromatic N) is 1. The van der Waals surface area contributed by atoms with Crippen LogP contribution in [0.4, 0.5) is 0 Å².